The molecule has 1 aliphatic heterocycles. The zero-order valence-corrected chi connectivity index (χ0v) is 8.44. The van der Waals surface area contributed by atoms with E-state index in [2.05, 4.69) is 49.6 Å². The Balaban J connectivity index is 2.44. The zero-order chi connectivity index (χ0) is 9.47. The molecule has 0 aromatic heterocycles. The molecule has 0 saturated heterocycles. The molecule has 2 heteroatoms. The summed E-state index contributed by atoms with van der Waals surface area (Å²) >= 11 is 0. The van der Waals surface area contributed by atoms with Gasteiger partial charge in [0.15, 0.2) is 0 Å². The zero-order valence-electron chi connectivity index (χ0n) is 8.44. The molecule has 0 spiro atoms. The summed E-state index contributed by atoms with van der Waals surface area (Å²) in [5.74, 6) is 0. The van der Waals surface area contributed by atoms with Gasteiger partial charge in [-0.2, -0.15) is 0 Å². The highest BCUT2D eigenvalue weighted by Gasteiger charge is 2.24. The molecule has 13 heavy (non-hydrogen) atoms. The lowest BCUT2D eigenvalue weighted by Crippen LogP contribution is -2.42. The Bertz CT molecular complexity index is 329. The van der Waals surface area contributed by atoms with E-state index in [0.717, 1.165) is 6.54 Å². The van der Waals surface area contributed by atoms with Crippen molar-refractivity contribution in [3.8, 4) is 0 Å². The highest BCUT2D eigenvalue weighted by Crippen LogP contribution is 2.32. The van der Waals surface area contributed by atoms with Gasteiger partial charge in [0.1, 0.15) is 0 Å². The minimum absolute atomic E-state index is 0.152. The Hall–Kier alpha value is -1.18. The van der Waals surface area contributed by atoms with Crippen LogP contribution in [0.25, 0.3) is 0 Å². The number of benzene rings is 1. The van der Waals surface area contributed by atoms with Gasteiger partial charge >= 0.3 is 0 Å². The summed E-state index contributed by atoms with van der Waals surface area (Å²) in [6.45, 7) is 7.52. The van der Waals surface area contributed by atoms with Crippen molar-refractivity contribution in [2.24, 2.45) is 0 Å². The summed E-state index contributed by atoms with van der Waals surface area (Å²) < 4.78 is 0. The first kappa shape index (κ1) is 8.42. The lowest BCUT2D eigenvalue weighted by Gasteiger charge is -2.35. The predicted molar refractivity (Wildman–Crippen MR) is 57.4 cm³/mol. The molecule has 0 fully saturated rings. The second-order valence-electron chi connectivity index (χ2n) is 4.36. The number of nitrogens with one attached hydrogen (secondary N) is 2. The highest BCUT2D eigenvalue weighted by atomic mass is 15.1. The van der Waals surface area contributed by atoms with E-state index in [1.165, 1.54) is 16.9 Å². The minimum atomic E-state index is 0.152. The highest BCUT2D eigenvalue weighted by molar-refractivity contribution is 5.75. The lowest BCUT2D eigenvalue weighted by atomic mass is 9.99. The van der Waals surface area contributed by atoms with Crippen LogP contribution in [-0.4, -0.2) is 12.1 Å². The smallest absolute Gasteiger partial charge is 0.0610 e. The van der Waals surface area contributed by atoms with Gasteiger partial charge in [-0.05, 0) is 32.4 Å². The number of fused-ring (bicyclic) bond motifs is 1. The van der Waals surface area contributed by atoms with E-state index in [9.17, 15) is 0 Å². The van der Waals surface area contributed by atoms with Gasteiger partial charge in [-0.25, -0.2) is 0 Å². The second kappa shape index (κ2) is 2.66. The van der Waals surface area contributed by atoms with Crippen LogP contribution in [0.4, 0.5) is 11.4 Å². The maximum Gasteiger partial charge on any atom is 0.0610 e. The average molecular weight is 176 g/mol. The third-order valence-electron chi connectivity index (χ3n) is 2.46. The Labute approximate surface area is 79.4 Å². The molecule has 0 amide bonds. The topological polar surface area (TPSA) is 24.1 Å². The van der Waals surface area contributed by atoms with Crippen LogP contribution in [0, 0.1) is 6.92 Å². The number of hydrogen-bond acceptors (Lipinski definition) is 2. The second-order valence-corrected chi connectivity index (χ2v) is 4.36. The van der Waals surface area contributed by atoms with Crippen LogP contribution in [0.3, 0.4) is 0 Å². The summed E-state index contributed by atoms with van der Waals surface area (Å²) in [5, 5.41) is 6.97. The van der Waals surface area contributed by atoms with Gasteiger partial charge in [-0.3, -0.25) is 0 Å². The first-order chi connectivity index (χ1) is 6.08. The van der Waals surface area contributed by atoms with Gasteiger partial charge in [-0.1, -0.05) is 12.1 Å². The molecule has 1 aromatic carbocycles. The molecule has 0 radical (unpaired) electrons. The molecule has 1 aromatic rings. The van der Waals surface area contributed by atoms with E-state index in [1.54, 1.807) is 0 Å². The third-order valence-corrected chi connectivity index (χ3v) is 2.46. The number of hydrogen-bond donors (Lipinski definition) is 2. The van der Waals surface area contributed by atoms with Crippen molar-refractivity contribution in [1.82, 2.24) is 0 Å². The first-order valence-electron chi connectivity index (χ1n) is 4.70. The van der Waals surface area contributed by atoms with Crippen molar-refractivity contribution in [3.05, 3.63) is 23.8 Å². The lowest BCUT2D eigenvalue weighted by molar-refractivity contribution is 0.588. The molecule has 2 nitrogen and oxygen atoms in total. The predicted octanol–water partition coefficient (Wildman–Crippen LogP) is 2.61. The van der Waals surface area contributed by atoms with E-state index >= 15 is 0 Å². The molecule has 1 heterocycles. The molecule has 0 bridgehead atoms. The van der Waals surface area contributed by atoms with Crippen molar-refractivity contribution >= 4 is 11.4 Å². The largest absolute Gasteiger partial charge is 0.381 e. The van der Waals surface area contributed by atoms with E-state index < -0.39 is 0 Å². The number of aryl methyl sites for hydroxylation is 1. The summed E-state index contributed by atoms with van der Waals surface area (Å²) in [7, 11) is 0. The molecule has 0 unspecified atom stereocenters. The van der Waals surface area contributed by atoms with Crippen LogP contribution in [0.5, 0.6) is 0 Å². The maximum atomic E-state index is 3.54. The van der Waals surface area contributed by atoms with Gasteiger partial charge in [-0.15, -0.1) is 0 Å². The van der Waals surface area contributed by atoms with E-state index in [1.807, 2.05) is 0 Å². The molecular formula is C11H16N2. The molecule has 0 aliphatic carbocycles. The normalized spacial score (nSPS) is 18.4. The van der Waals surface area contributed by atoms with Gasteiger partial charge in [0.05, 0.1) is 11.4 Å². The summed E-state index contributed by atoms with van der Waals surface area (Å²) in [6.07, 6.45) is 0. The van der Waals surface area contributed by atoms with E-state index in [-0.39, 0.29) is 5.54 Å². The fraction of sp³-hybridized carbons (Fsp3) is 0.455. The summed E-state index contributed by atoms with van der Waals surface area (Å²) in [4.78, 5) is 0. The minimum Gasteiger partial charge on any atom is -0.381 e. The maximum absolute atomic E-state index is 3.54. The molecule has 0 saturated carbocycles. The third kappa shape index (κ3) is 1.48. The molecule has 2 N–H and O–H groups in total. The number of rotatable bonds is 0. The standard InChI is InChI=1S/C11H16N2/c1-8-5-4-6-9-10(8)13-11(2,3)7-12-9/h4-6,12-13H,7H2,1-3H3. The number of para-hydroxylation sites is 1. The Kier molecular flexibility index (Phi) is 1.72. The van der Waals surface area contributed by atoms with Crippen molar-refractivity contribution in [2.75, 3.05) is 17.2 Å². The van der Waals surface area contributed by atoms with Crippen LogP contribution >= 0.6 is 0 Å². The SMILES string of the molecule is Cc1cccc2c1NC(C)(C)CN2. The molecule has 0 atom stereocenters. The fourth-order valence-electron chi connectivity index (χ4n) is 1.68. The molecular weight excluding hydrogens is 160 g/mol. The Morgan fingerprint density at radius 1 is 1.31 bits per heavy atom. The van der Waals surface area contributed by atoms with Crippen LogP contribution in [0.2, 0.25) is 0 Å². The van der Waals surface area contributed by atoms with E-state index in [4.69, 9.17) is 0 Å². The molecule has 2 rings (SSSR count). The van der Waals surface area contributed by atoms with Crippen LogP contribution in [0.15, 0.2) is 18.2 Å². The summed E-state index contributed by atoms with van der Waals surface area (Å²) in [5.41, 5.74) is 3.93. The van der Waals surface area contributed by atoms with Gasteiger partial charge in [0.25, 0.3) is 0 Å². The van der Waals surface area contributed by atoms with Crippen molar-refractivity contribution in [1.29, 1.82) is 0 Å². The van der Waals surface area contributed by atoms with Crippen LogP contribution < -0.4 is 10.6 Å². The van der Waals surface area contributed by atoms with Crippen molar-refractivity contribution in [2.45, 2.75) is 26.3 Å². The Morgan fingerprint density at radius 2 is 2.08 bits per heavy atom. The van der Waals surface area contributed by atoms with Crippen molar-refractivity contribution in [3.63, 3.8) is 0 Å². The van der Waals surface area contributed by atoms with E-state index in [0.29, 0.717) is 0 Å². The van der Waals surface area contributed by atoms with Crippen LogP contribution in [0.1, 0.15) is 19.4 Å². The van der Waals surface area contributed by atoms with Crippen molar-refractivity contribution < 1.29 is 0 Å². The number of anilines is 2. The van der Waals surface area contributed by atoms with Gasteiger partial charge < -0.3 is 10.6 Å². The van der Waals surface area contributed by atoms with Crippen LogP contribution in [-0.2, 0) is 0 Å². The average Bonchev–Trinajstić information content (AvgIpc) is 2.06. The monoisotopic (exact) mass is 176 g/mol. The Morgan fingerprint density at radius 3 is 2.85 bits per heavy atom. The quantitative estimate of drug-likeness (QED) is 0.635. The molecule has 70 valence electrons. The first-order valence-corrected chi connectivity index (χ1v) is 4.70. The van der Waals surface area contributed by atoms with Gasteiger partial charge in [0.2, 0.25) is 0 Å². The molecule has 1 aliphatic rings. The van der Waals surface area contributed by atoms with Gasteiger partial charge in [0, 0.05) is 12.1 Å². The summed E-state index contributed by atoms with van der Waals surface area (Å²) in [6, 6.07) is 6.33. The fourth-order valence-corrected chi connectivity index (χ4v) is 1.68.